The van der Waals surface area contributed by atoms with Gasteiger partial charge in [0, 0.05) is 0 Å². The first-order valence-electron chi connectivity index (χ1n) is 6.22. The average Bonchev–Trinajstić information content (AvgIpc) is 2.71. The van der Waals surface area contributed by atoms with Gasteiger partial charge in [-0.05, 0) is 0 Å². The molecule has 1 aliphatic heterocycles. The van der Waals surface area contributed by atoms with Gasteiger partial charge < -0.3 is 41.5 Å². The summed E-state index contributed by atoms with van der Waals surface area (Å²) in [6, 6.07) is 0. The number of aromatic nitrogens is 2. The van der Waals surface area contributed by atoms with E-state index < -0.39 is 44.5 Å². The molecule has 0 aromatic carbocycles. The standard InChI is InChI=1S/C9H16N5O8P/c10-3-6(11)12-9(13-7(3)17)14-8-5(22-23(18,19)20)4(16)2(1-15)21-8/h2,4-5,8,15-16H,1,10H2,(H2,18,19,20)(H4,11,12,13,14,17)/t2-,4-,5-,8?/m1/s1. The van der Waals surface area contributed by atoms with Gasteiger partial charge in [0.15, 0.2) is 12.0 Å². The molecule has 13 nitrogen and oxygen atoms in total. The van der Waals surface area contributed by atoms with Crippen LogP contribution in [0.15, 0.2) is 4.79 Å². The second kappa shape index (κ2) is 6.41. The van der Waals surface area contributed by atoms with Crippen molar-refractivity contribution in [3.63, 3.8) is 0 Å². The number of ether oxygens (including phenoxy) is 1. The molecule has 4 atom stereocenters. The molecule has 0 saturated carbocycles. The van der Waals surface area contributed by atoms with E-state index in [1.165, 1.54) is 0 Å². The molecule has 2 heterocycles. The Morgan fingerprint density at radius 2 is 2.09 bits per heavy atom. The number of nitrogen functional groups attached to an aromatic ring is 2. The predicted octanol–water partition coefficient (Wildman–Crippen LogP) is -3.10. The van der Waals surface area contributed by atoms with Gasteiger partial charge in [-0.25, -0.2) is 4.57 Å². The van der Waals surface area contributed by atoms with Gasteiger partial charge in [0.2, 0.25) is 5.95 Å². The van der Waals surface area contributed by atoms with Gasteiger partial charge in [0.25, 0.3) is 5.56 Å². The molecule has 0 radical (unpaired) electrons. The maximum absolute atomic E-state index is 11.5. The third-order valence-electron chi connectivity index (χ3n) is 3.04. The highest BCUT2D eigenvalue weighted by atomic mass is 31.2. The Kier molecular flexibility index (Phi) is 4.91. The van der Waals surface area contributed by atoms with Crippen LogP contribution in [-0.2, 0) is 13.8 Å². The van der Waals surface area contributed by atoms with Crippen molar-refractivity contribution >= 4 is 25.3 Å². The SMILES string of the molecule is Nc1nc(NC2O[C@H](CO)[C@@H](O)[C@H]2OP(=O)(O)O)[nH]c(=O)c1N. The number of phosphoric ester groups is 1. The molecule has 0 aliphatic carbocycles. The lowest BCUT2D eigenvalue weighted by molar-refractivity contribution is -0.0154. The first-order chi connectivity index (χ1) is 10.6. The van der Waals surface area contributed by atoms with Crippen LogP contribution >= 0.6 is 7.82 Å². The van der Waals surface area contributed by atoms with Crippen LogP contribution in [-0.4, -0.2) is 61.1 Å². The topological polar surface area (TPSA) is 226 Å². The summed E-state index contributed by atoms with van der Waals surface area (Å²) >= 11 is 0. The van der Waals surface area contributed by atoms with E-state index in [9.17, 15) is 14.5 Å². The van der Waals surface area contributed by atoms with Gasteiger partial charge in [0.05, 0.1) is 6.61 Å². The molecular weight excluding hydrogens is 337 g/mol. The Morgan fingerprint density at radius 3 is 2.61 bits per heavy atom. The van der Waals surface area contributed by atoms with E-state index in [1.807, 2.05) is 0 Å². The van der Waals surface area contributed by atoms with Gasteiger partial charge in [0.1, 0.15) is 24.0 Å². The van der Waals surface area contributed by atoms with Gasteiger partial charge in [-0.1, -0.05) is 0 Å². The zero-order valence-electron chi connectivity index (χ0n) is 11.5. The smallest absolute Gasteiger partial charge is 0.394 e. The summed E-state index contributed by atoms with van der Waals surface area (Å²) in [5.41, 5.74) is 9.72. The van der Waals surface area contributed by atoms with Crippen LogP contribution in [0.4, 0.5) is 17.5 Å². The Hall–Kier alpha value is -1.73. The van der Waals surface area contributed by atoms with Crippen LogP contribution in [0.5, 0.6) is 0 Å². The Morgan fingerprint density at radius 1 is 1.43 bits per heavy atom. The molecule has 130 valence electrons. The Balaban J connectivity index is 2.25. The number of nitrogens with one attached hydrogen (secondary N) is 2. The zero-order valence-corrected chi connectivity index (χ0v) is 12.4. The monoisotopic (exact) mass is 353 g/mol. The highest BCUT2D eigenvalue weighted by Gasteiger charge is 2.47. The highest BCUT2D eigenvalue weighted by Crippen LogP contribution is 2.41. The fourth-order valence-electron chi connectivity index (χ4n) is 1.98. The number of hydrogen-bond acceptors (Lipinski definition) is 10. The van der Waals surface area contributed by atoms with Crippen LogP contribution in [0.2, 0.25) is 0 Å². The third-order valence-corrected chi connectivity index (χ3v) is 3.56. The highest BCUT2D eigenvalue weighted by molar-refractivity contribution is 7.46. The summed E-state index contributed by atoms with van der Waals surface area (Å²) in [5, 5.41) is 21.4. The summed E-state index contributed by atoms with van der Waals surface area (Å²) in [6.45, 7) is -0.631. The molecule has 23 heavy (non-hydrogen) atoms. The van der Waals surface area contributed by atoms with E-state index >= 15 is 0 Å². The lowest BCUT2D eigenvalue weighted by atomic mass is 10.1. The fraction of sp³-hybridized carbons (Fsp3) is 0.556. The van der Waals surface area contributed by atoms with Crippen molar-refractivity contribution < 1.29 is 33.8 Å². The number of nitrogens with two attached hydrogens (primary N) is 2. The van der Waals surface area contributed by atoms with Gasteiger partial charge in [-0.15, -0.1) is 0 Å². The van der Waals surface area contributed by atoms with Crippen LogP contribution in [0.3, 0.4) is 0 Å². The van der Waals surface area contributed by atoms with Crippen molar-refractivity contribution in [3.8, 4) is 0 Å². The van der Waals surface area contributed by atoms with Crippen LogP contribution in [0, 0.1) is 0 Å². The number of aromatic amines is 1. The number of phosphoric acid groups is 1. The molecule has 14 heteroatoms. The van der Waals surface area contributed by atoms with E-state index in [2.05, 4.69) is 19.8 Å². The maximum Gasteiger partial charge on any atom is 0.470 e. The van der Waals surface area contributed by atoms with Crippen LogP contribution in [0.25, 0.3) is 0 Å². The minimum atomic E-state index is -4.96. The van der Waals surface area contributed by atoms with E-state index in [0.717, 1.165) is 0 Å². The van der Waals surface area contributed by atoms with Crippen molar-refractivity contribution in [1.82, 2.24) is 9.97 Å². The van der Waals surface area contributed by atoms with Crippen molar-refractivity contribution in [3.05, 3.63) is 10.4 Å². The van der Waals surface area contributed by atoms with Gasteiger partial charge >= 0.3 is 7.82 Å². The van der Waals surface area contributed by atoms with Gasteiger partial charge in [-0.2, -0.15) is 4.98 Å². The first-order valence-corrected chi connectivity index (χ1v) is 7.75. The van der Waals surface area contributed by atoms with Crippen molar-refractivity contribution in [2.45, 2.75) is 24.5 Å². The van der Waals surface area contributed by atoms with Crippen LogP contribution < -0.4 is 22.3 Å². The van der Waals surface area contributed by atoms with E-state index in [4.69, 9.17) is 31.1 Å². The molecule has 1 fully saturated rings. The molecule has 1 aromatic rings. The van der Waals surface area contributed by atoms with E-state index in [-0.39, 0.29) is 17.5 Å². The van der Waals surface area contributed by atoms with Crippen molar-refractivity contribution in [1.29, 1.82) is 0 Å². The molecular formula is C9H16N5O8P. The van der Waals surface area contributed by atoms with Crippen molar-refractivity contribution in [2.24, 2.45) is 0 Å². The second-order valence-corrected chi connectivity index (χ2v) is 5.88. The van der Waals surface area contributed by atoms with Crippen molar-refractivity contribution in [2.75, 3.05) is 23.4 Å². The molecule has 0 spiro atoms. The average molecular weight is 353 g/mol. The van der Waals surface area contributed by atoms with Gasteiger partial charge in [-0.3, -0.25) is 14.3 Å². The number of hydrogen-bond donors (Lipinski definition) is 8. The molecule has 0 bridgehead atoms. The number of anilines is 3. The summed E-state index contributed by atoms with van der Waals surface area (Å²) in [4.78, 5) is 35.2. The van der Waals surface area contributed by atoms with E-state index in [0.29, 0.717) is 0 Å². The minimum absolute atomic E-state index is 0.225. The molecule has 0 amide bonds. The molecule has 2 rings (SSSR count). The number of aliphatic hydroxyl groups excluding tert-OH is 2. The summed E-state index contributed by atoms with van der Waals surface area (Å²) < 4.78 is 20.6. The number of rotatable bonds is 5. The quantitative estimate of drug-likeness (QED) is 0.246. The normalized spacial score (nSPS) is 28.0. The minimum Gasteiger partial charge on any atom is -0.394 e. The molecule has 10 N–H and O–H groups in total. The fourth-order valence-corrected chi connectivity index (χ4v) is 2.54. The lowest BCUT2D eigenvalue weighted by Crippen LogP contribution is -2.39. The number of nitrogens with zero attached hydrogens (tertiary/aromatic N) is 1. The number of H-pyrrole nitrogens is 1. The molecule has 1 aliphatic rings. The summed E-state index contributed by atoms with van der Waals surface area (Å²) in [7, 11) is -4.96. The second-order valence-electron chi connectivity index (χ2n) is 4.69. The Labute approximate surface area is 128 Å². The predicted molar refractivity (Wildman–Crippen MR) is 76.0 cm³/mol. The lowest BCUT2D eigenvalue weighted by Gasteiger charge is -2.22. The van der Waals surface area contributed by atoms with E-state index in [1.54, 1.807) is 0 Å². The third kappa shape index (κ3) is 3.97. The summed E-state index contributed by atoms with van der Waals surface area (Å²) in [5.74, 6) is -0.502. The molecule has 1 aromatic heterocycles. The largest absolute Gasteiger partial charge is 0.470 e. The molecule has 1 saturated heterocycles. The first kappa shape index (κ1) is 17.6. The maximum atomic E-state index is 11.5. The Bertz CT molecular complexity index is 676. The zero-order chi connectivity index (χ0) is 17.4. The molecule has 1 unspecified atom stereocenters. The van der Waals surface area contributed by atoms with Crippen LogP contribution in [0.1, 0.15) is 0 Å². The number of aliphatic hydroxyl groups is 2. The summed E-state index contributed by atoms with van der Waals surface area (Å²) in [6.07, 6.45) is -5.58.